The van der Waals surface area contributed by atoms with Crippen molar-refractivity contribution in [3.05, 3.63) is 0 Å². The lowest BCUT2D eigenvalue weighted by atomic mass is 10.1. The number of hydrogen-bond acceptors (Lipinski definition) is 2. The van der Waals surface area contributed by atoms with Gasteiger partial charge in [0, 0.05) is 12.1 Å². The quantitative estimate of drug-likeness (QED) is 0.655. The van der Waals surface area contributed by atoms with Crippen LogP contribution in [0, 0.1) is 0 Å². The van der Waals surface area contributed by atoms with Crippen LogP contribution in [0.5, 0.6) is 0 Å². The third kappa shape index (κ3) is 6.05. The Morgan fingerprint density at radius 1 is 1.31 bits per heavy atom. The molecule has 2 unspecified atom stereocenters. The highest BCUT2D eigenvalue weighted by Gasteiger charge is 2.10. The Labute approximate surface area is 83.7 Å². The van der Waals surface area contributed by atoms with Crippen molar-refractivity contribution in [1.82, 2.24) is 10.2 Å². The molecule has 0 spiro atoms. The van der Waals surface area contributed by atoms with E-state index in [1.54, 1.807) is 0 Å². The van der Waals surface area contributed by atoms with Gasteiger partial charge in [-0.05, 0) is 47.3 Å². The Bertz CT molecular complexity index is 115. The Balaban J connectivity index is 3.61. The van der Waals surface area contributed by atoms with Crippen molar-refractivity contribution >= 4 is 0 Å². The maximum Gasteiger partial charge on any atom is 0.00785 e. The van der Waals surface area contributed by atoms with Gasteiger partial charge in [-0.3, -0.25) is 0 Å². The van der Waals surface area contributed by atoms with E-state index in [2.05, 4.69) is 38.0 Å². The maximum atomic E-state index is 3.28. The average Bonchev–Trinajstić information content (AvgIpc) is 2.13. The first-order valence-electron chi connectivity index (χ1n) is 5.49. The van der Waals surface area contributed by atoms with Crippen molar-refractivity contribution in [3.8, 4) is 0 Å². The molecule has 0 saturated carbocycles. The molecule has 80 valence electrons. The highest BCUT2D eigenvalue weighted by molar-refractivity contribution is 4.69. The number of nitrogens with zero attached hydrogens (tertiary/aromatic N) is 1. The van der Waals surface area contributed by atoms with Gasteiger partial charge in [-0.2, -0.15) is 0 Å². The van der Waals surface area contributed by atoms with Crippen LogP contribution in [0.3, 0.4) is 0 Å². The summed E-state index contributed by atoms with van der Waals surface area (Å²) in [6.07, 6.45) is 3.84. The van der Waals surface area contributed by atoms with Gasteiger partial charge in [0.15, 0.2) is 0 Å². The summed E-state index contributed by atoms with van der Waals surface area (Å²) in [5, 5.41) is 3.28. The first-order valence-corrected chi connectivity index (χ1v) is 5.49. The van der Waals surface area contributed by atoms with E-state index in [1.807, 2.05) is 7.05 Å². The second kappa shape index (κ2) is 7.34. The summed E-state index contributed by atoms with van der Waals surface area (Å²) in [7, 11) is 4.26. The van der Waals surface area contributed by atoms with Gasteiger partial charge in [-0.15, -0.1) is 0 Å². The molecular weight excluding hydrogens is 160 g/mol. The van der Waals surface area contributed by atoms with E-state index < -0.39 is 0 Å². The zero-order valence-electron chi connectivity index (χ0n) is 9.93. The Kier molecular flexibility index (Phi) is 7.29. The van der Waals surface area contributed by atoms with Crippen molar-refractivity contribution < 1.29 is 0 Å². The van der Waals surface area contributed by atoms with E-state index in [0.29, 0.717) is 12.1 Å². The maximum absolute atomic E-state index is 3.28. The Morgan fingerprint density at radius 2 is 1.92 bits per heavy atom. The lowest BCUT2D eigenvalue weighted by Gasteiger charge is -2.26. The predicted octanol–water partition coefficient (Wildman–Crippen LogP) is 2.10. The van der Waals surface area contributed by atoms with E-state index in [-0.39, 0.29) is 0 Å². The van der Waals surface area contributed by atoms with Crippen molar-refractivity contribution in [2.24, 2.45) is 0 Å². The van der Waals surface area contributed by atoms with Gasteiger partial charge in [-0.25, -0.2) is 0 Å². The van der Waals surface area contributed by atoms with E-state index >= 15 is 0 Å². The fraction of sp³-hybridized carbons (Fsp3) is 1.00. The minimum atomic E-state index is 0.624. The van der Waals surface area contributed by atoms with E-state index in [9.17, 15) is 0 Å². The summed E-state index contributed by atoms with van der Waals surface area (Å²) in [5.41, 5.74) is 0. The lowest BCUT2D eigenvalue weighted by Crippen LogP contribution is -2.35. The van der Waals surface area contributed by atoms with Crippen LogP contribution in [-0.4, -0.2) is 37.6 Å². The molecule has 1 N–H and O–H groups in total. The highest BCUT2D eigenvalue weighted by Crippen LogP contribution is 2.05. The Morgan fingerprint density at radius 3 is 2.38 bits per heavy atom. The first kappa shape index (κ1) is 12.9. The summed E-state index contributed by atoms with van der Waals surface area (Å²) in [6, 6.07) is 1.31. The predicted molar refractivity (Wildman–Crippen MR) is 60.1 cm³/mol. The third-order valence-corrected chi connectivity index (χ3v) is 2.80. The van der Waals surface area contributed by atoms with Crippen molar-refractivity contribution in [1.29, 1.82) is 0 Å². The number of rotatable bonds is 7. The molecule has 0 aromatic carbocycles. The van der Waals surface area contributed by atoms with Gasteiger partial charge in [0.2, 0.25) is 0 Å². The van der Waals surface area contributed by atoms with Crippen LogP contribution in [0.2, 0.25) is 0 Å². The summed E-state index contributed by atoms with van der Waals surface area (Å²) < 4.78 is 0. The second-order valence-corrected chi connectivity index (χ2v) is 4.11. The van der Waals surface area contributed by atoms with Gasteiger partial charge in [0.25, 0.3) is 0 Å². The van der Waals surface area contributed by atoms with Crippen LogP contribution in [0.15, 0.2) is 0 Å². The van der Waals surface area contributed by atoms with Crippen LogP contribution >= 0.6 is 0 Å². The molecule has 2 atom stereocenters. The van der Waals surface area contributed by atoms with Gasteiger partial charge in [0.1, 0.15) is 0 Å². The van der Waals surface area contributed by atoms with Crippen LogP contribution in [0.25, 0.3) is 0 Å². The summed E-state index contributed by atoms with van der Waals surface area (Å²) in [5.74, 6) is 0. The Hall–Kier alpha value is -0.0800. The van der Waals surface area contributed by atoms with Gasteiger partial charge in [-0.1, -0.05) is 13.3 Å². The van der Waals surface area contributed by atoms with Crippen LogP contribution in [0.4, 0.5) is 0 Å². The first-order chi connectivity index (χ1) is 6.11. The molecule has 0 fully saturated rings. The largest absolute Gasteiger partial charge is 0.317 e. The summed E-state index contributed by atoms with van der Waals surface area (Å²) >= 11 is 0. The van der Waals surface area contributed by atoms with Gasteiger partial charge >= 0.3 is 0 Å². The molecule has 0 saturated heterocycles. The molecule has 0 aliphatic carbocycles. The molecule has 0 aromatic rings. The average molecular weight is 186 g/mol. The standard InChI is InChI=1S/C11H26N2/c1-6-7-8-13(5)11(3)9-10(2)12-4/h10-12H,6-9H2,1-5H3. The van der Waals surface area contributed by atoms with Crippen LogP contribution < -0.4 is 5.32 Å². The normalized spacial score (nSPS) is 16.2. The SMILES string of the molecule is CCCCN(C)C(C)CC(C)NC. The number of hydrogen-bond donors (Lipinski definition) is 1. The topological polar surface area (TPSA) is 15.3 Å². The molecule has 0 rings (SSSR count). The minimum Gasteiger partial charge on any atom is -0.317 e. The number of unbranched alkanes of at least 4 members (excludes halogenated alkanes) is 1. The lowest BCUT2D eigenvalue weighted by molar-refractivity contribution is 0.229. The number of nitrogens with one attached hydrogen (secondary N) is 1. The van der Waals surface area contributed by atoms with E-state index in [1.165, 1.54) is 25.8 Å². The molecule has 0 heterocycles. The zero-order chi connectivity index (χ0) is 10.3. The minimum absolute atomic E-state index is 0.624. The molecule has 0 amide bonds. The molecule has 0 aliphatic rings. The molecule has 0 aromatic heterocycles. The molecular formula is C11H26N2. The van der Waals surface area contributed by atoms with Crippen LogP contribution in [-0.2, 0) is 0 Å². The monoisotopic (exact) mass is 186 g/mol. The van der Waals surface area contributed by atoms with Gasteiger partial charge < -0.3 is 10.2 Å². The molecule has 2 nitrogen and oxygen atoms in total. The van der Waals surface area contributed by atoms with E-state index in [0.717, 1.165) is 0 Å². The van der Waals surface area contributed by atoms with E-state index in [4.69, 9.17) is 0 Å². The van der Waals surface area contributed by atoms with Crippen LogP contribution in [0.1, 0.15) is 40.0 Å². The second-order valence-electron chi connectivity index (χ2n) is 4.11. The molecule has 0 bridgehead atoms. The van der Waals surface area contributed by atoms with Crippen molar-refractivity contribution in [2.75, 3.05) is 20.6 Å². The van der Waals surface area contributed by atoms with Crippen molar-refractivity contribution in [2.45, 2.75) is 52.1 Å². The highest BCUT2D eigenvalue weighted by atomic mass is 15.1. The fourth-order valence-corrected chi connectivity index (χ4v) is 1.44. The summed E-state index contributed by atoms with van der Waals surface area (Å²) in [6.45, 7) is 8.02. The summed E-state index contributed by atoms with van der Waals surface area (Å²) in [4.78, 5) is 2.46. The fourth-order valence-electron chi connectivity index (χ4n) is 1.44. The molecule has 13 heavy (non-hydrogen) atoms. The van der Waals surface area contributed by atoms with Gasteiger partial charge in [0.05, 0.1) is 0 Å². The zero-order valence-corrected chi connectivity index (χ0v) is 9.93. The molecule has 0 radical (unpaired) electrons. The smallest absolute Gasteiger partial charge is 0.00785 e. The molecule has 0 aliphatic heterocycles. The molecule has 2 heteroatoms. The van der Waals surface area contributed by atoms with Crippen molar-refractivity contribution in [3.63, 3.8) is 0 Å². The third-order valence-electron chi connectivity index (χ3n) is 2.80.